The number of nitrogens with zero attached hydrogens (tertiary/aromatic N) is 2. The van der Waals surface area contributed by atoms with Crippen molar-refractivity contribution in [2.24, 2.45) is 0 Å². The van der Waals surface area contributed by atoms with Crippen molar-refractivity contribution in [2.45, 2.75) is 64.4 Å². The van der Waals surface area contributed by atoms with Crippen LogP contribution in [0.25, 0.3) is 0 Å². The number of hydrogen-bond donors (Lipinski definition) is 1. The largest absolute Gasteiger partial charge is 0.357 e. The van der Waals surface area contributed by atoms with Gasteiger partial charge in [0, 0.05) is 13.6 Å². The molecule has 0 saturated carbocycles. The highest BCUT2D eigenvalue weighted by atomic mass is 32.2. The van der Waals surface area contributed by atoms with Gasteiger partial charge in [-0.05, 0) is 67.1 Å². The molecule has 7 nitrogen and oxygen atoms in total. The topological polar surface area (TPSA) is 86.8 Å². The number of aryl methyl sites for hydroxylation is 2. The van der Waals surface area contributed by atoms with Gasteiger partial charge in [-0.15, -0.1) is 0 Å². The van der Waals surface area contributed by atoms with Crippen molar-refractivity contribution in [1.29, 1.82) is 0 Å². The molecule has 1 atom stereocenters. The maximum absolute atomic E-state index is 14.0. The van der Waals surface area contributed by atoms with Crippen molar-refractivity contribution < 1.29 is 18.0 Å². The SMILES string of the molecule is CC[C@H](C(=O)NC)N(Cc1ccccc1C)C(=O)CN(c1ccc(C(C)C)cc1)S(=O)(=O)c1ccc(C)cc1. The molecule has 0 fully saturated rings. The maximum Gasteiger partial charge on any atom is 0.264 e. The molecular weight excluding hydrogens is 510 g/mol. The summed E-state index contributed by atoms with van der Waals surface area (Å²) in [5.74, 6) is -0.490. The molecule has 0 bridgehead atoms. The summed E-state index contributed by atoms with van der Waals surface area (Å²) in [6, 6.07) is 20.7. The van der Waals surface area contributed by atoms with Crippen molar-refractivity contribution in [3.63, 3.8) is 0 Å². The van der Waals surface area contributed by atoms with Crippen LogP contribution in [0.15, 0.2) is 77.7 Å². The Morgan fingerprint density at radius 1 is 0.897 bits per heavy atom. The predicted octanol–water partition coefficient (Wildman–Crippen LogP) is 5.18. The average molecular weight is 550 g/mol. The minimum absolute atomic E-state index is 0.0950. The minimum atomic E-state index is -4.09. The van der Waals surface area contributed by atoms with Gasteiger partial charge in [-0.25, -0.2) is 8.42 Å². The first-order valence-corrected chi connectivity index (χ1v) is 14.7. The standard InChI is InChI=1S/C31H39N3O4S/c1-7-29(31(36)32-6)33(20-26-11-9-8-10-24(26)5)30(35)21-34(27-16-14-25(15-17-27)22(2)3)39(37,38)28-18-12-23(4)13-19-28/h8-19,22,29H,7,20-21H2,1-6H3,(H,32,36)/t29-/m1/s1. The fourth-order valence-electron chi connectivity index (χ4n) is 4.45. The van der Waals surface area contributed by atoms with E-state index in [1.165, 1.54) is 11.9 Å². The number of amides is 2. The Hall–Kier alpha value is -3.65. The summed E-state index contributed by atoms with van der Waals surface area (Å²) in [4.78, 5) is 28.4. The smallest absolute Gasteiger partial charge is 0.264 e. The molecule has 0 saturated heterocycles. The highest BCUT2D eigenvalue weighted by Crippen LogP contribution is 2.27. The summed E-state index contributed by atoms with van der Waals surface area (Å²) >= 11 is 0. The normalized spacial score (nSPS) is 12.2. The van der Waals surface area contributed by atoms with Crippen molar-refractivity contribution in [3.8, 4) is 0 Å². The lowest BCUT2D eigenvalue weighted by Crippen LogP contribution is -2.51. The quantitative estimate of drug-likeness (QED) is 0.357. The Bertz CT molecular complexity index is 1380. The van der Waals surface area contributed by atoms with Gasteiger partial charge < -0.3 is 10.2 Å². The van der Waals surface area contributed by atoms with Crippen LogP contribution in [0.1, 0.15) is 55.4 Å². The molecule has 1 N–H and O–H groups in total. The van der Waals surface area contributed by atoms with E-state index in [0.717, 1.165) is 26.6 Å². The van der Waals surface area contributed by atoms with Gasteiger partial charge in [0.25, 0.3) is 10.0 Å². The Labute approximate surface area is 232 Å². The third kappa shape index (κ3) is 7.06. The maximum atomic E-state index is 14.0. The number of benzene rings is 3. The van der Waals surface area contributed by atoms with Gasteiger partial charge in [0.05, 0.1) is 10.6 Å². The summed E-state index contributed by atoms with van der Waals surface area (Å²) in [5, 5.41) is 2.65. The Morgan fingerprint density at radius 3 is 2.05 bits per heavy atom. The van der Waals surface area contributed by atoms with E-state index in [1.807, 2.05) is 57.2 Å². The van der Waals surface area contributed by atoms with E-state index in [4.69, 9.17) is 0 Å². The summed E-state index contributed by atoms with van der Waals surface area (Å²) in [7, 11) is -2.55. The van der Waals surface area contributed by atoms with E-state index in [1.54, 1.807) is 36.4 Å². The van der Waals surface area contributed by atoms with Crippen molar-refractivity contribution >= 4 is 27.5 Å². The second kappa shape index (κ2) is 12.9. The molecular formula is C31H39N3O4S. The summed E-state index contributed by atoms with van der Waals surface area (Å²) < 4.78 is 29.0. The number of hydrogen-bond acceptors (Lipinski definition) is 4. The van der Waals surface area contributed by atoms with E-state index in [0.29, 0.717) is 12.1 Å². The second-order valence-corrected chi connectivity index (χ2v) is 11.9. The summed E-state index contributed by atoms with van der Waals surface area (Å²) in [5.41, 5.74) is 4.25. The van der Waals surface area contributed by atoms with Crippen molar-refractivity contribution in [1.82, 2.24) is 10.2 Å². The first kappa shape index (κ1) is 29.9. The summed E-state index contributed by atoms with van der Waals surface area (Å²) in [6.07, 6.45) is 0.380. The number of anilines is 1. The number of nitrogens with one attached hydrogen (secondary N) is 1. The van der Waals surface area contributed by atoms with Crippen LogP contribution in [-0.2, 0) is 26.2 Å². The molecule has 0 unspecified atom stereocenters. The van der Waals surface area contributed by atoms with Gasteiger partial charge in [0.15, 0.2) is 0 Å². The molecule has 0 aliphatic heterocycles. The minimum Gasteiger partial charge on any atom is -0.357 e. The van der Waals surface area contributed by atoms with Crippen LogP contribution in [-0.4, -0.2) is 44.8 Å². The Morgan fingerprint density at radius 2 is 1.51 bits per heavy atom. The molecule has 208 valence electrons. The zero-order chi connectivity index (χ0) is 28.7. The van der Waals surface area contributed by atoms with Gasteiger partial charge >= 0.3 is 0 Å². The number of carbonyl (C=O) groups excluding carboxylic acids is 2. The molecule has 39 heavy (non-hydrogen) atoms. The van der Waals surface area contributed by atoms with Crippen LogP contribution in [0, 0.1) is 13.8 Å². The van der Waals surface area contributed by atoms with E-state index in [9.17, 15) is 18.0 Å². The predicted molar refractivity (Wildman–Crippen MR) is 156 cm³/mol. The average Bonchev–Trinajstić information content (AvgIpc) is 2.92. The van der Waals surface area contributed by atoms with Crippen LogP contribution < -0.4 is 9.62 Å². The van der Waals surface area contributed by atoms with Crippen LogP contribution in [0.2, 0.25) is 0 Å². The van der Waals surface area contributed by atoms with E-state index in [2.05, 4.69) is 19.2 Å². The van der Waals surface area contributed by atoms with E-state index < -0.39 is 28.5 Å². The zero-order valence-corrected chi connectivity index (χ0v) is 24.5. The number of likely N-dealkylation sites (N-methyl/N-ethyl adjacent to an activating group) is 1. The number of carbonyl (C=O) groups is 2. The van der Waals surface area contributed by atoms with Gasteiger partial charge in [0.2, 0.25) is 11.8 Å². The van der Waals surface area contributed by atoms with Crippen LogP contribution >= 0.6 is 0 Å². The lowest BCUT2D eigenvalue weighted by molar-refractivity contribution is -0.140. The van der Waals surface area contributed by atoms with Gasteiger partial charge in [-0.3, -0.25) is 13.9 Å². The molecule has 8 heteroatoms. The Balaban J connectivity index is 2.08. The Kier molecular flexibility index (Phi) is 9.92. The molecule has 0 aliphatic carbocycles. The third-order valence-corrected chi connectivity index (χ3v) is 8.76. The molecule has 3 rings (SSSR count). The molecule has 0 aliphatic rings. The lowest BCUT2D eigenvalue weighted by atomic mass is 10.0. The van der Waals surface area contributed by atoms with E-state index in [-0.39, 0.29) is 23.3 Å². The second-order valence-electron chi connectivity index (χ2n) is 10.1. The fourth-order valence-corrected chi connectivity index (χ4v) is 5.86. The molecule has 2 amide bonds. The summed E-state index contributed by atoms with van der Waals surface area (Å²) in [6.45, 7) is 9.53. The first-order valence-electron chi connectivity index (χ1n) is 13.2. The van der Waals surface area contributed by atoms with Gasteiger partial charge in [-0.1, -0.05) is 74.9 Å². The molecule has 0 heterocycles. The molecule has 0 aromatic heterocycles. The first-order chi connectivity index (χ1) is 18.5. The van der Waals surface area contributed by atoms with Crippen molar-refractivity contribution in [3.05, 3.63) is 95.1 Å². The number of sulfonamides is 1. The van der Waals surface area contributed by atoms with E-state index >= 15 is 0 Å². The highest BCUT2D eigenvalue weighted by Gasteiger charge is 2.33. The monoisotopic (exact) mass is 549 g/mol. The van der Waals surface area contributed by atoms with Crippen LogP contribution in [0.3, 0.4) is 0 Å². The number of rotatable bonds is 11. The fraction of sp³-hybridized carbons (Fsp3) is 0.355. The highest BCUT2D eigenvalue weighted by molar-refractivity contribution is 7.92. The van der Waals surface area contributed by atoms with Crippen LogP contribution in [0.4, 0.5) is 5.69 Å². The van der Waals surface area contributed by atoms with Gasteiger partial charge in [-0.2, -0.15) is 0 Å². The van der Waals surface area contributed by atoms with Crippen LogP contribution in [0.5, 0.6) is 0 Å². The van der Waals surface area contributed by atoms with Crippen molar-refractivity contribution in [2.75, 3.05) is 17.9 Å². The molecule has 3 aromatic rings. The molecule has 3 aromatic carbocycles. The van der Waals surface area contributed by atoms with Gasteiger partial charge in [0.1, 0.15) is 12.6 Å². The lowest BCUT2D eigenvalue weighted by Gasteiger charge is -2.33. The molecule has 0 spiro atoms. The third-order valence-electron chi connectivity index (χ3n) is 6.97. The molecule has 0 radical (unpaired) electrons. The zero-order valence-electron chi connectivity index (χ0n) is 23.6.